The van der Waals surface area contributed by atoms with E-state index in [0.717, 1.165) is 16.8 Å². The molecule has 1 aliphatic heterocycles. The van der Waals surface area contributed by atoms with Crippen molar-refractivity contribution in [1.29, 1.82) is 0 Å². The third-order valence-electron chi connectivity index (χ3n) is 6.33. The summed E-state index contributed by atoms with van der Waals surface area (Å²) < 4.78 is 2.89. The van der Waals surface area contributed by atoms with Crippen LogP contribution in [-0.2, 0) is 13.6 Å². The Morgan fingerprint density at radius 3 is 2.69 bits per heavy atom. The SMILES string of the molecule is C[C@H]1CC(c2sc(Cl)cc2C2CCCCC2)CCN1Cc1cnn(C)c1. The highest BCUT2D eigenvalue weighted by Gasteiger charge is 2.31. The lowest BCUT2D eigenvalue weighted by Crippen LogP contribution is -2.39. The van der Waals surface area contributed by atoms with Crippen molar-refractivity contribution >= 4 is 22.9 Å². The molecule has 4 rings (SSSR count). The highest BCUT2D eigenvalue weighted by molar-refractivity contribution is 7.16. The second-order valence-corrected chi connectivity index (χ2v) is 9.98. The molecule has 3 nitrogen and oxygen atoms in total. The lowest BCUT2D eigenvalue weighted by atomic mass is 9.80. The Hall–Kier alpha value is -0.840. The molecule has 142 valence electrons. The summed E-state index contributed by atoms with van der Waals surface area (Å²) in [6.07, 6.45) is 13.5. The van der Waals surface area contributed by atoms with Crippen LogP contribution < -0.4 is 0 Å². The van der Waals surface area contributed by atoms with Crippen LogP contribution in [-0.4, -0.2) is 27.3 Å². The second-order valence-electron chi connectivity index (χ2n) is 8.27. The Labute approximate surface area is 166 Å². The van der Waals surface area contributed by atoms with Gasteiger partial charge in [0.25, 0.3) is 0 Å². The van der Waals surface area contributed by atoms with Gasteiger partial charge in [0.1, 0.15) is 0 Å². The lowest BCUT2D eigenvalue weighted by Gasteiger charge is -2.38. The predicted molar refractivity (Wildman–Crippen MR) is 110 cm³/mol. The van der Waals surface area contributed by atoms with Gasteiger partial charge in [-0.3, -0.25) is 9.58 Å². The number of nitrogens with zero attached hydrogens (tertiary/aromatic N) is 3. The summed E-state index contributed by atoms with van der Waals surface area (Å²) in [7, 11) is 1.99. The fourth-order valence-corrected chi connectivity index (χ4v) is 6.41. The van der Waals surface area contributed by atoms with Gasteiger partial charge in [-0.25, -0.2) is 0 Å². The fourth-order valence-electron chi connectivity index (χ4n) is 4.92. The zero-order valence-electron chi connectivity index (χ0n) is 16.0. The molecule has 1 saturated carbocycles. The van der Waals surface area contributed by atoms with E-state index >= 15 is 0 Å². The molecule has 2 aromatic rings. The second kappa shape index (κ2) is 8.04. The molecule has 0 bridgehead atoms. The van der Waals surface area contributed by atoms with Gasteiger partial charge in [0.05, 0.1) is 10.5 Å². The summed E-state index contributed by atoms with van der Waals surface area (Å²) in [5, 5.41) is 4.31. The third kappa shape index (κ3) is 4.02. The molecule has 3 heterocycles. The van der Waals surface area contributed by atoms with E-state index in [-0.39, 0.29) is 0 Å². The number of piperidine rings is 1. The minimum absolute atomic E-state index is 0.606. The summed E-state index contributed by atoms with van der Waals surface area (Å²) in [6, 6.07) is 2.90. The Morgan fingerprint density at radius 2 is 2.00 bits per heavy atom. The zero-order chi connectivity index (χ0) is 18.1. The topological polar surface area (TPSA) is 21.1 Å². The molecule has 26 heavy (non-hydrogen) atoms. The molecule has 2 aromatic heterocycles. The van der Waals surface area contributed by atoms with Crippen molar-refractivity contribution in [2.75, 3.05) is 6.54 Å². The molecule has 0 N–H and O–H groups in total. The maximum absolute atomic E-state index is 6.48. The van der Waals surface area contributed by atoms with Gasteiger partial charge in [0.15, 0.2) is 0 Å². The van der Waals surface area contributed by atoms with Crippen molar-refractivity contribution in [2.24, 2.45) is 7.05 Å². The van der Waals surface area contributed by atoms with E-state index in [1.807, 2.05) is 29.3 Å². The van der Waals surface area contributed by atoms with E-state index in [1.165, 1.54) is 57.1 Å². The van der Waals surface area contributed by atoms with Crippen LogP contribution in [0.3, 0.4) is 0 Å². The van der Waals surface area contributed by atoms with Crippen LogP contribution in [0, 0.1) is 0 Å². The van der Waals surface area contributed by atoms with Gasteiger partial charge in [-0.05, 0) is 62.6 Å². The van der Waals surface area contributed by atoms with Crippen LogP contribution in [0.25, 0.3) is 0 Å². The van der Waals surface area contributed by atoms with Crippen LogP contribution in [0.4, 0.5) is 0 Å². The highest BCUT2D eigenvalue weighted by atomic mass is 35.5. The van der Waals surface area contributed by atoms with Crippen LogP contribution in [0.5, 0.6) is 0 Å². The first kappa shape index (κ1) is 18.5. The van der Waals surface area contributed by atoms with E-state index < -0.39 is 0 Å². The molecule has 0 spiro atoms. The van der Waals surface area contributed by atoms with Gasteiger partial charge in [0, 0.05) is 36.3 Å². The molecule has 2 aliphatic rings. The van der Waals surface area contributed by atoms with Crippen molar-refractivity contribution in [3.05, 3.63) is 38.8 Å². The Morgan fingerprint density at radius 1 is 1.19 bits per heavy atom. The number of aromatic nitrogens is 2. The van der Waals surface area contributed by atoms with Crippen molar-refractivity contribution in [1.82, 2.24) is 14.7 Å². The standard InChI is InChI=1S/C21H30ClN3S/c1-15-10-18(8-9-25(15)14-16-12-23-24(2)13-16)21-19(11-20(22)26-21)17-6-4-3-5-7-17/h11-13,15,17-18H,3-10,14H2,1-2H3/t15-,18?/m0/s1. The number of aryl methyl sites for hydroxylation is 1. The van der Waals surface area contributed by atoms with Gasteiger partial charge in [-0.1, -0.05) is 30.9 Å². The molecule has 1 aliphatic carbocycles. The summed E-state index contributed by atoms with van der Waals surface area (Å²) in [6.45, 7) is 4.57. The van der Waals surface area contributed by atoms with Crippen LogP contribution in [0.1, 0.15) is 79.7 Å². The van der Waals surface area contributed by atoms with Gasteiger partial charge in [-0.2, -0.15) is 5.10 Å². The summed E-state index contributed by atoms with van der Waals surface area (Å²) >= 11 is 8.34. The van der Waals surface area contributed by atoms with Gasteiger partial charge >= 0.3 is 0 Å². The summed E-state index contributed by atoms with van der Waals surface area (Å²) in [5.41, 5.74) is 2.91. The van der Waals surface area contributed by atoms with E-state index in [2.05, 4.69) is 29.2 Å². The van der Waals surface area contributed by atoms with Crippen molar-refractivity contribution in [2.45, 2.75) is 76.3 Å². The quantitative estimate of drug-likeness (QED) is 0.641. The molecule has 5 heteroatoms. The number of hydrogen-bond donors (Lipinski definition) is 0. The number of likely N-dealkylation sites (tertiary alicyclic amines) is 1. The molecular weight excluding hydrogens is 362 g/mol. The first-order valence-corrected chi connectivity index (χ1v) is 11.3. The van der Waals surface area contributed by atoms with Crippen LogP contribution in [0.2, 0.25) is 4.34 Å². The molecule has 0 radical (unpaired) electrons. The zero-order valence-corrected chi connectivity index (χ0v) is 17.5. The van der Waals surface area contributed by atoms with Crippen LogP contribution in [0.15, 0.2) is 18.5 Å². The smallest absolute Gasteiger partial charge is 0.0934 e. The molecule has 0 amide bonds. The Balaban J connectivity index is 1.45. The van der Waals surface area contributed by atoms with Gasteiger partial charge in [0.2, 0.25) is 0 Å². The highest BCUT2D eigenvalue weighted by Crippen LogP contribution is 2.45. The lowest BCUT2D eigenvalue weighted by molar-refractivity contribution is 0.139. The fraction of sp³-hybridized carbons (Fsp3) is 0.667. The first-order chi connectivity index (χ1) is 12.6. The maximum Gasteiger partial charge on any atom is 0.0934 e. The van der Waals surface area contributed by atoms with Gasteiger partial charge < -0.3 is 0 Å². The van der Waals surface area contributed by atoms with E-state index in [4.69, 9.17) is 11.6 Å². The summed E-state index contributed by atoms with van der Waals surface area (Å²) in [5.74, 6) is 1.44. The van der Waals surface area contributed by atoms with Crippen molar-refractivity contribution in [3.8, 4) is 0 Å². The largest absolute Gasteiger partial charge is 0.296 e. The molecule has 1 saturated heterocycles. The monoisotopic (exact) mass is 391 g/mol. The van der Waals surface area contributed by atoms with E-state index in [1.54, 1.807) is 10.4 Å². The molecule has 2 atom stereocenters. The molecule has 1 unspecified atom stereocenters. The predicted octanol–water partition coefficient (Wildman–Crippen LogP) is 5.95. The van der Waals surface area contributed by atoms with Crippen LogP contribution >= 0.6 is 22.9 Å². The average molecular weight is 392 g/mol. The maximum atomic E-state index is 6.48. The first-order valence-electron chi connectivity index (χ1n) is 10.1. The van der Waals surface area contributed by atoms with Gasteiger partial charge in [-0.15, -0.1) is 11.3 Å². The van der Waals surface area contributed by atoms with E-state index in [0.29, 0.717) is 12.0 Å². The minimum atomic E-state index is 0.606. The minimum Gasteiger partial charge on any atom is -0.296 e. The number of halogens is 1. The van der Waals surface area contributed by atoms with Crippen molar-refractivity contribution < 1.29 is 0 Å². The number of thiophene rings is 1. The Bertz CT molecular complexity index is 731. The average Bonchev–Trinajstić information content (AvgIpc) is 3.23. The molecular formula is C21H30ClN3S. The number of hydrogen-bond acceptors (Lipinski definition) is 3. The van der Waals surface area contributed by atoms with Crippen molar-refractivity contribution in [3.63, 3.8) is 0 Å². The molecule has 2 fully saturated rings. The Kier molecular flexibility index (Phi) is 5.72. The van der Waals surface area contributed by atoms with E-state index in [9.17, 15) is 0 Å². The summed E-state index contributed by atoms with van der Waals surface area (Å²) in [4.78, 5) is 4.22. The molecule has 0 aromatic carbocycles. The normalized spacial score (nSPS) is 25.7. The third-order valence-corrected chi connectivity index (χ3v) is 7.78. The number of rotatable bonds is 4.